The first-order valence-corrected chi connectivity index (χ1v) is 6.12. The lowest BCUT2D eigenvalue weighted by Crippen LogP contribution is -2.11. The Kier molecular flexibility index (Phi) is 4.18. The van der Waals surface area contributed by atoms with Crippen molar-refractivity contribution in [3.05, 3.63) is 59.9 Å². The molecule has 0 radical (unpaired) electrons. The molecule has 0 aliphatic carbocycles. The molecule has 18 heavy (non-hydrogen) atoms. The fraction of sp³-hybridized carbons (Fsp3) is 0.267. The molecule has 0 spiro atoms. The van der Waals surface area contributed by atoms with Gasteiger partial charge in [-0.05, 0) is 30.5 Å². The van der Waals surface area contributed by atoms with Crippen LogP contribution >= 0.6 is 0 Å². The normalized spacial score (nSPS) is 10.3. The molecule has 0 saturated carbocycles. The summed E-state index contributed by atoms with van der Waals surface area (Å²) in [5, 5.41) is 0. The maximum atomic E-state index is 11.3. The summed E-state index contributed by atoms with van der Waals surface area (Å²) in [5.74, 6) is -0.195. The van der Waals surface area contributed by atoms with Crippen LogP contribution in [0.2, 0.25) is 0 Å². The van der Waals surface area contributed by atoms with Gasteiger partial charge in [0.2, 0.25) is 0 Å². The molecular formula is C15H17NO2. The predicted octanol–water partition coefficient (Wildman–Crippen LogP) is 2.64. The molecule has 1 aromatic heterocycles. The Morgan fingerprint density at radius 2 is 1.94 bits per heavy atom. The van der Waals surface area contributed by atoms with Gasteiger partial charge in [-0.3, -0.25) is 4.79 Å². The maximum Gasteiger partial charge on any atom is 0.325 e. The lowest BCUT2D eigenvalue weighted by atomic mass is 10.1. The summed E-state index contributed by atoms with van der Waals surface area (Å²) in [6, 6.07) is 12.3. The number of benzene rings is 1. The van der Waals surface area contributed by atoms with E-state index in [9.17, 15) is 4.79 Å². The predicted molar refractivity (Wildman–Crippen MR) is 70.3 cm³/mol. The third kappa shape index (κ3) is 3.48. The number of hydrogen-bond acceptors (Lipinski definition) is 2. The minimum Gasteiger partial charge on any atom is -0.465 e. The highest BCUT2D eigenvalue weighted by Gasteiger charge is 2.04. The number of hydrogen-bond donors (Lipinski definition) is 0. The Labute approximate surface area is 107 Å². The molecule has 0 atom stereocenters. The fourth-order valence-corrected chi connectivity index (χ4v) is 1.88. The Hall–Kier alpha value is -2.03. The molecular weight excluding hydrogens is 226 g/mol. The number of ether oxygens (including phenoxy) is 1. The summed E-state index contributed by atoms with van der Waals surface area (Å²) in [6.07, 6.45) is 4.79. The zero-order valence-corrected chi connectivity index (χ0v) is 10.5. The average Bonchev–Trinajstić information content (AvgIpc) is 2.78. The minimum absolute atomic E-state index is 0.195. The molecule has 2 rings (SSSR count). The van der Waals surface area contributed by atoms with Gasteiger partial charge < -0.3 is 9.30 Å². The van der Waals surface area contributed by atoms with E-state index < -0.39 is 0 Å². The molecule has 0 bridgehead atoms. The van der Waals surface area contributed by atoms with Crippen LogP contribution in [0.3, 0.4) is 0 Å². The van der Waals surface area contributed by atoms with Crippen LogP contribution in [0.4, 0.5) is 0 Å². The molecule has 0 fully saturated rings. The zero-order chi connectivity index (χ0) is 12.8. The van der Waals surface area contributed by atoms with Crippen LogP contribution < -0.4 is 0 Å². The van der Waals surface area contributed by atoms with Crippen molar-refractivity contribution >= 4 is 5.97 Å². The molecule has 0 N–H and O–H groups in total. The number of rotatable bonds is 5. The van der Waals surface area contributed by atoms with E-state index in [1.165, 1.54) is 11.1 Å². The molecule has 94 valence electrons. The Bertz CT molecular complexity index is 502. The Morgan fingerprint density at radius 3 is 2.67 bits per heavy atom. The lowest BCUT2D eigenvalue weighted by Gasteiger charge is -2.02. The van der Waals surface area contributed by atoms with Crippen molar-refractivity contribution in [1.29, 1.82) is 0 Å². The summed E-state index contributed by atoms with van der Waals surface area (Å²) in [6.45, 7) is 2.52. The van der Waals surface area contributed by atoms with Gasteiger partial charge >= 0.3 is 5.97 Å². The summed E-state index contributed by atoms with van der Waals surface area (Å²) in [7, 11) is 0. The van der Waals surface area contributed by atoms with Crippen molar-refractivity contribution in [1.82, 2.24) is 4.57 Å². The van der Waals surface area contributed by atoms with Crippen LogP contribution in [0.15, 0.2) is 48.8 Å². The van der Waals surface area contributed by atoms with Gasteiger partial charge in [0.25, 0.3) is 0 Å². The Balaban J connectivity index is 1.96. The third-order valence-corrected chi connectivity index (χ3v) is 2.68. The highest BCUT2D eigenvalue weighted by molar-refractivity contribution is 5.69. The lowest BCUT2D eigenvalue weighted by molar-refractivity contribution is -0.143. The Morgan fingerprint density at radius 1 is 1.17 bits per heavy atom. The van der Waals surface area contributed by atoms with E-state index in [1.807, 2.05) is 48.1 Å². The second-order valence-electron chi connectivity index (χ2n) is 4.16. The first-order valence-electron chi connectivity index (χ1n) is 6.12. The highest BCUT2D eigenvalue weighted by atomic mass is 16.5. The zero-order valence-electron chi connectivity index (χ0n) is 10.5. The smallest absolute Gasteiger partial charge is 0.325 e. The molecule has 1 aromatic carbocycles. The molecule has 0 aliphatic heterocycles. The van der Waals surface area contributed by atoms with E-state index in [4.69, 9.17) is 4.74 Å². The number of carbonyl (C=O) groups excluding carboxylic acids is 1. The van der Waals surface area contributed by atoms with Gasteiger partial charge in [-0.1, -0.05) is 30.3 Å². The van der Waals surface area contributed by atoms with Gasteiger partial charge in [-0.25, -0.2) is 0 Å². The first kappa shape index (κ1) is 12.4. The van der Waals surface area contributed by atoms with Crippen LogP contribution in [0.1, 0.15) is 18.1 Å². The molecule has 2 aromatic rings. The molecule has 0 saturated heterocycles. The monoisotopic (exact) mass is 243 g/mol. The van der Waals surface area contributed by atoms with Crippen LogP contribution in [0, 0.1) is 0 Å². The molecule has 0 aliphatic rings. The molecule has 1 heterocycles. The van der Waals surface area contributed by atoms with Gasteiger partial charge in [0, 0.05) is 12.4 Å². The maximum absolute atomic E-state index is 11.3. The molecule has 3 heteroatoms. The topological polar surface area (TPSA) is 31.2 Å². The van der Waals surface area contributed by atoms with Gasteiger partial charge in [-0.15, -0.1) is 0 Å². The van der Waals surface area contributed by atoms with Gasteiger partial charge in [0.05, 0.1) is 6.61 Å². The van der Waals surface area contributed by atoms with E-state index >= 15 is 0 Å². The van der Waals surface area contributed by atoms with E-state index in [-0.39, 0.29) is 12.5 Å². The number of carbonyl (C=O) groups is 1. The van der Waals surface area contributed by atoms with Gasteiger partial charge in [0.1, 0.15) is 6.54 Å². The second-order valence-corrected chi connectivity index (χ2v) is 4.16. The van der Waals surface area contributed by atoms with Crippen LogP contribution in [0.5, 0.6) is 0 Å². The molecule has 3 nitrogen and oxygen atoms in total. The molecule has 0 unspecified atom stereocenters. The molecule has 0 amide bonds. The summed E-state index contributed by atoms with van der Waals surface area (Å²) < 4.78 is 6.77. The van der Waals surface area contributed by atoms with E-state index in [0.717, 1.165) is 6.42 Å². The number of aromatic nitrogens is 1. The van der Waals surface area contributed by atoms with E-state index in [0.29, 0.717) is 6.61 Å². The average molecular weight is 243 g/mol. The number of esters is 1. The largest absolute Gasteiger partial charge is 0.465 e. The van der Waals surface area contributed by atoms with Crippen molar-refractivity contribution < 1.29 is 9.53 Å². The van der Waals surface area contributed by atoms with Crippen LogP contribution in [0.25, 0.3) is 0 Å². The SMILES string of the molecule is CCOC(=O)Cn1ccc(Cc2ccccc2)c1. The van der Waals surface area contributed by atoms with Crippen LogP contribution in [-0.2, 0) is 22.5 Å². The van der Waals surface area contributed by atoms with Crippen molar-refractivity contribution in [2.45, 2.75) is 19.9 Å². The third-order valence-electron chi connectivity index (χ3n) is 2.68. The van der Waals surface area contributed by atoms with E-state index in [1.54, 1.807) is 0 Å². The van der Waals surface area contributed by atoms with Crippen LogP contribution in [-0.4, -0.2) is 17.1 Å². The van der Waals surface area contributed by atoms with Crippen molar-refractivity contribution in [2.75, 3.05) is 6.61 Å². The first-order chi connectivity index (χ1) is 8.78. The van der Waals surface area contributed by atoms with Gasteiger partial charge in [0.15, 0.2) is 0 Å². The summed E-state index contributed by atoms with van der Waals surface area (Å²) >= 11 is 0. The summed E-state index contributed by atoms with van der Waals surface area (Å²) in [5.41, 5.74) is 2.47. The van der Waals surface area contributed by atoms with Crippen molar-refractivity contribution in [3.8, 4) is 0 Å². The van der Waals surface area contributed by atoms with Crippen molar-refractivity contribution in [2.24, 2.45) is 0 Å². The minimum atomic E-state index is -0.195. The number of nitrogens with zero attached hydrogens (tertiary/aromatic N) is 1. The highest BCUT2D eigenvalue weighted by Crippen LogP contribution is 2.09. The van der Waals surface area contributed by atoms with Crippen molar-refractivity contribution in [3.63, 3.8) is 0 Å². The fourth-order valence-electron chi connectivity index (χ4n) is 1.88. The second kappa shape index (κ2) is 6.05. The summed E-state index contributed by atoms with van der Waals surface area (Å²) in [4.78, 5) is 11.3. The quantitative estimate of drug-likeness (QED) is 0.756. The standard InChI is InChI=1S/C15H17NO2/c1-2-18-15(17)12-16-9-8-14(11-16)10-13-6-4-3-5-7-13/h3-9,11H,2,10,12H2,1H3. The van der Waals surface area contributed by atoms with Gasteiger partial charge in [-0.2, -0.15) is 0 Å². The van der Waals surface area contributed by atoms with E-state index in [2.05, 4.69) is 12.1 Å².